The quantitative estimate of drug-likeness (QED) is 0.417. The minimum atomic E-state index is -0.342. The number of ether oxygens (including phenoxy) is 2. The van der Waals surface area contributed by atoms with Crippen LogP contribution in [0.3, 0.4) is 0 Å². The molecule has 0 aliphatic carbocycles. The molecule has 30 heavy (non-hydrogen) atoms. The fourth-order valence-corrected chi connectivity index (χ4v) is 2.91. The minimum Gasteiger partial charge on any atom is -0.496 e. The van der Waals surface area contributed by atoms with Gasteiger partial charge in [-0.15, -0.1) is 0 Å². The molecule has 0 saturated carbocycles. The lowest BCUT2D eigenvalue weighted by Gasteiger charge is -2.12. The summed E-state index contributed by atoms with van der Waals surface area (Å²) in [7, 11) is 1.58. The molecule has 3 aromatic carbocycles. The average molecular weight is 427 g/mol. The van der Waals surface area contributed by atoms with Crippen molar-refractivity contribution in [2.45, 2.75) is 13.0 Å². The molecule has 0 spiro atoms. The molecule has 3 aromatic rings. The highest BCUT2D eigenvalue weighted by molar-refractivity contribution is 6.32. The molecule has 0 saturated heterocycles. The van der Waals surface area contributed by atoms with Gasteiger partial charge in [-0.1, -0.05) is 35.9 Å². The van der Waals surface area contributed by atoms with Crippen LogP contribution in [0.5, 0.6) is 11.5 Å². The van der Waals surface area contributed by atoms with Crippen LogP contribution in [0.1, 0.15) is 16.7 Å². The van der Waals surface area contributed by atoms with Crippen molar-refractivity contribution in [2.75, 3.05) is 7.11 Å². The van der Waals surface area contributed by atoms with Crippen LogP contribution >= 0.6 is 11.6 Å². The number of nitrogens with one attached hydrogen (secondary N) is 1. The zero-order valence-corrected chi connectivity index (χ0v) is 17.0. The van der Waals surface area contributed by atoms with Gasteiger partial charge < -0.3 is 9.47 Å². The van der Waals surface area contributed by atoms with Gasteiger partial charge in [-0.2, -0.15) is 5.10 Å². The summed E-state index contributed by atoms with van der Waals surface area (Å²) in [5.74, 6) is 0.604. The van der Waals surface area contributed by atoms with Crippen LogP contribution in [0.4, 0.5) is 4.39 Å². The van der Waals surface area contributed by atoms with E-state index in [4.69, 9.17) is 21.1 Å². The van der Waals surface area contributed by atoms with Gasteiger partial charge in [0.25, 0.3) is 0 Å². The predicted octanol–water partition coefficient (Wildman–Crippen LogP) is 4.76. The van der Waals surface area contributed by atoms with Gasteiger partial charge in [0.2, 0.25) is 5.91 Å². The van der Waals surface area contributed by atoms with Crippen molar-refractivity contribution in [3.63, 3.8) is 0 Å². The standard InChI is InChI=1S/C23H20ClFN2O3/c1-29-21-11-8-17(12-18(21)15-30-22-5-3-2-4-20(22)24)14-26-27-23(28)13-16-6-9-19(25)10-7-16/h2-12,14H,13,15H2,1H3,(H,27,28). The Morgan fingerprint density at radius 2 is 1.87 bits per heavy atom. The number of nitrogens with zero attached hydrogens (tertiary/aromatic N) is 1. The summed E-state index contributed by atoms with van der Waals surface area (Å²) in [5, 5.41) is 4.51. The van der Waals surface area contributed by atoms with E-state index in [1.54, 1.807) is 37.4 Å². The Hall–Kier alpha value is -3.38. The summed E-state index contributed by atoms with van der Waals surface area (Å²) >= 11 is 6.12. The molecule has 0 radical (unpaired) electrons. The third-order valence-corrected chi connectivity index (χ3v) is 4.52. The minimum absolute atomic E-state index is 0.108. The molecule has 7 heteroatoms. The first kappa shape index (κ1) is 21.3. The molecule has 0 aliphatic heterocycles. The van der Waals surface area contributed by atoms with Crippen LogP contribution in [0.15, 0.2) is 71.8 Å². The van der Waals surface area contributed by atoms with E-state index >= 15 is 0 Å². The number of methoxy groups -OCH3 is 1. The number of carbonyl (C=O) groups excluding carboxylic acids is 1. The normalized spacial score (nSPS) is 10.8. The van der Waals surface area contributed by atoms with Crippen LogP contribution in [0, 0.1) is 5.82 Å². The van der Waals surface area contributed by atoms with Gasteiger partial charge in [-0.05, 0) is 53.6 Å². The van der Waals surface area contributed by atoms with Crippen LogP contribution in [-0.4, -0.2) is 19.2 Å². The number of para-hydroxylation sites is 1. The second-order valence-corrected chi connectivity index (χ2v) is 6.79. The largest absolute Gasteiger partial charge is 0.496 e. The van der Waals surface area contributed by atoms with Crippen molar-refractivity contribution >= 4 is 23.7 Å². The van der Waals surface area contributed by atoms with Crippen molar-refractivity contribution in [2.24, 2.45) is 5.10 Å². The maximum Gasteiger partial charge on any atom is 0.244 e. The lowest BCUT2D eigenvalue weighted by Crippen LogP contribution is -2.19. The summed E-state index contributed by atoms with van der Waals surface area (Å²) in [5.41, 5.74) is 4.73. The van der Waals surface area contributed by atoms with E-state index in [0.29, 0.717) is 22.1 Å². The zero-order valence-electron chi connectivity index (χ0n) is 16.3. The maximum atomic E-state index is 12.9. The van der Waals surface area contributed by atoms with Crippen molar-refractivity contribution in [1.29, 1.82) is 0 Å². The molecule has 0 atom stereocenters. The summed E-state index contributed by atoms with van der Waals surface area (Å²) in [6, 6.07) is 18.4. The SMILES string of the molecule is COc1ccc(C=NNC(=O)Cc2ccc(F)cc2)cc1COc1ccccc1Cl. The molecule has 0 aliphatic rings. The lowest BCUT2D eigenvalue weighted by atomic mass is 10.1. The van der Waals surface area contributed by atoms with Gasteiger partial charge in [-0.25, -0.2) is 9.82 Å². The van der Waals surface area contributed by atoms with E-state index < -0.39 is 0 Å². The highest BCUT2D eigenvalue weighted by Crippen LogP contribution is 2.26. The Morgan fingerprint density at radius 1 is 1.10 bits per heavy atom. The number of halogens is 2. The zero-order chi connectivity index (χ0) is 21.3. The third-order valence-electron chi connectivity index (χ3n) is 4.21. The Labute approximate surface area is 179 Å². The molecular formula is C23H20ClFN2O3. The third kappa shape index (κ3) is 6.06. The van der Waals surface area contributed by atoms with Crippen LogP contribution in [0.2, 0.25) is 5.02 Å². The lowest BCUT2D eigenvalue weighted by molar-refractivity contribution is -0.120. The van der Waals surface area contributed by atoms with E-state index in [9.17, 15) is 9.18 Å². The summed E-state index contributed by atoms with van der Waals surface area (Å²) < 4.78 is 24.1. The summed E-state index contributed by atoms with van der Waals surface area (Å²) in [6.07, 6.45) is 1.64. The Morgan fingerprint density at radius 3 is 2.60 bits per heavy atom. The predicted molar refractivity (Wildman–Crippen MR) is 115 cm³/mol. The fraction of sp³-hybridized carbons (Fsp3) is 0.130. The van der Waals surface area contributed by atoms with Crippen LogP contribution < -0.4 is 14.9 Å². The van der Waals surface area contributed by atoms with E-state index in [1.807, 2.05) is 24.3 Å². The molecule has 0 fully saturated rings. The fourth-order valence-electron chi connectivity index (χ4n) is 2.71. The van der Waals surface area contributed by atoms with Crippen LogP contribution in [0.25, 0.3) is 0 Å². The Balaban J connectivity index is 1.61. The molecular weight excluding hydrogens is 407 g/mol. The number of carbonyl (C=O) groups is 1. The van der Waals surface area contributed by atoms with E-state index in [-0.39, 0.29) is 24.8 Å². The highest BCUT2D eigenvalue weighted by atomic mass is 35.5. The molecule has 1 amide bonds. The van der Waals surface area contributed by atoms with E-state index in [2.05, 4.69) is 10.5 Å². The highest BCUT2D eigenvalue weighted by Gasteiger charge is 2.07. The smallest absolute Gasteiger partial charge is 0.244 e. The summed E-state index contributed by atoms with van der Waals surface area (Å²) in [4.78, 5) is 12.0. The molecule has 5 nitrogen and oxygen atoms in total. The summed E-state index contributed by atoms with van der Waals surface area (Å²) in [6.45, 7) is 0.255. The molecule has 0 bridgehead atoms. The van der Waals surface area contributed by atoms with Crippen molar-refractivity contribution < 1.29 is 18.7 Å². The molecule has 0 unspecified atom stereocenters. The molecule has 154 valence electrons. The van der Waals surface area contributed by atoms with Gasteiger partial charge in [0.15, 0.2) is 0 Å². The van der Waals surface area contributed by atoms with Gasteiger partial charge in [0.05, 0.1) is 24.8 Å². The van der Waals surface area contributed by atoms with Gasteiger partial charge in [0.1, 0.15) is 23.9 Å². The topological polar surface area (TPSA) is 59.9 Å². The van der Waals surface area contributed by atoms with Crippen molar-refractivity contribution in [3.8, 4) is 11.5 Å². The average Bonchev–Trinajstić information content (AvgIpc) is 2.75. The molecule has 0 heterocycles. The first-order chi connectivity index (χ1) is 14.5. The molecule has 1 N–H and O–H groups in total. The number of benzene rings is 3. The first-order valence-corrected chi connectivity index (χ1v) is 9.53. The molecule has 3 rings (SSSR count). The second kappa shape index (κ2) is 10.4. The number of hydrogen-bond acceptors (Lipinski definition) is 4. The number of hydrazone groups is 1. The number of hydrogen-bond donors (Lipinski definition) is 1. The van der Waals surface area contributed by atoms with Gasteiger partial charge in [0, 0.05) is 5.56 Å². The van der Waals surface area contributed by atoms with Crippen LogP contribution in [-0.2, 0) is 17.8 Å². The van der Waals surface area contributed by atoms with Gasteiger partial charge >= 0.3 is 0 Å². The van der Waals surface area contributed by atoms with Gasteiger partial charge in [-0.3, -0.25) is 4.79 Å². The molecule has 0 aromatic heterocycles. The number of amides is 1. The first-order valence-electron chi connectivity index (χ1n) is 9.16. The Kier molecular flexibility index (Phi) is 7.40. The maximum absolute atomic E-state index is 12.9. The van der Waals surface area contributed by atoms with E-state index in [1.165, 1.54) is 18.3 Å². The Bertz CT molecular complexity index is 1040. The number of rotatable bonds is 8. The van der Waals surface area contributed by atoms with Crippen molar-refractivity contribution in [3.05, 3.63) is 94.3 Å². The monoisotopic (exact) mass is 426 g/mol. The second-order valence-electron chi connectivity index (χ2n) is 6.39. The van der Waals surface area contributed by atoms with Crippen molar-refractivity contribution in [1.82, 2.24) is 5.43 Å². The van der Waals surface area contributed by atoms with E-state index in [0.717, 1.165) is 11.1 Å².